The van der Waals surface area contributed by atoms with E-state index in [4.69, 9.17) is 5.11 Å². The minimum atomic E-state index is -2.62. The van der Waals surface area contributed by atoms with E-state index in [1.54, 1.807) is 0 Å². The molecular weight excluding hydrogens is 244 g/mol. The zero-order valence-corrected chi connectivity index (χ0v) is 9.57. The molecule has 0 amide bonds. The highest BCUT2D eigenvalue weighted by Crippen LogP contribution is 2.40. The molecule has 1 aromatic heterocycles. The van der Waals surface area contributed by atoms with Gasteiger partial charge in [0.15, 0.2) is 5.69 Å². The molecule has 0 radical (unpaired) electrons. The first-order valence-electron chi connectivity index (χ1n) is 5.66. The molecule has 2 N–H and O–H groups in total. The Kier molecular flexibility index (Phi) is 3.40. The fraction of sp³-hybridized carbons (Fsp3) is 0.545. The first-order chi connectivity index (χ1) is 8.49. The number of halogens is 2. The number of nitrogens with zero attached hydrogens (tertiary/aromatic N) is 2. The lowest BCUT2D eigenvalue weighted by molar-refractivity contribution is -0.0318. The van der Waals surface area contributed by atoms with Gasteiger partial charge in [-0.15, -0.1) is 0 Å². The van der Waals surface area contributed by atoms with Gasteiger partial charge in [0.25, 0.3) is 5.92 Å². The Morgan fingerprint density at radius 1 is 1.50 bits per heavy atom. The number of rotatable bonds is 4. The summed E-state index contributed by atoms with van der Waals surface area (Å²) in [7, 11) is 0. The van der Waals surface area contributed by atoms with Gasteiger partial charge < -0.3 is 10.4 Å². The minimum absolute atomic E-state index is 0.0665. The van der Waals surface area contributed by atoms with Gasteiger partial charge in [-0.2, -0.15) is 0 Å². The summed E-state index contributed by atoms with van der Waals surface area (Å²) in [4.78, 5) is 18.0. The van der Waals surface area contributed by atoms with Gasteiger partial charge in [0.05, 0.1) is 12.4 Å². The third kappa shape index (κ3) is 2.72. The van der Waals surface area contributed by atoms with Crippen molar-refractivity contribution in [1.29, 1.82) is 0 Å². The third-order valence-corrected chi connectivity index (χ3v) is 3.06. The Morgan fingerprint density at radius 3 is 2.78 bits per heavy atom. The van der Waals surface area contributed by atoms with Crippen LogP contribution in [0.1, 0.15) is 29.8 Å². The summed E-state index contributed by atoms with van der Waals surface area (Å²) >= 11 is 0. The van der Waals surface area contributed by atoms with Gasteiger partial charge in [0.1, 0.15) is 5.82 Å². The van der Waals surface area contributed by atoms with Crippen LogP contribution in [0.15, 0.2) is 12.4 Å². The van der Waals surface area contributed by atoms with E-state index in [9.17, 15) is 13.6 Å². The minimum Gasteiger partial charge on any atom is -0.476 e. The van der Waals surface area contributed by atoms with Crippen LogP contribution in [0.2, 0.25) is 0 Å². The summed E-state index contributed by atoms with van der Waals surface area (Å²) in [6.45, 7) is 0.119. The number of aromatic carboxylic acids is 1. The van der Waals surface area contributed by atoms with Crippen LogP contribution < -0.4 is 5.32 Å². The lowest BCUT2D eigenvalue weighted by Crippen LogP contribution is -2.28. The van der Waals surface area contributed by atoms with E-state index < -0.39 is 17.8 Å². The number of alkyl halides is 2. The summed E-state index contributed by atoms with van der Waals surface area (Å²) in [6.07, 6.45) is 3.28. The Morgan fingerprint density at radius 2 is 2.28 bits per heavy atom. The van der Waals surface area contributed by atoms with Crippen molar-refractivity contribution in [3.05, 3.63) is 18.1 Å². The van der Waals surface area contributed by atoms with E-state index in [0.717, 1.165) is 6.20 Å². The molecule has 98 valence electrons. The molecule has 0 aromatic carbocycles. The highest BCUT2D eigenvalue weighted by molar-refractivity contribution is 5.84. The second kappa shape index (κ2) is 4.83. The molecule has 1 atom stereocenters. The van der Waals surface area contributed by atoms with Crippen LogP contribution in [-0.4, -0.2) is 33.5 Å². The van der Waals surface area contributed by atoms with Crippen LogP contribution in [-0.2, 0) is 0 Å². The molecule has 18 heavy (non-hydrogen) atoms. The van der Waals surface area contributed by atoms with E-state index in [1.165, 1.54) is 6.20 Å². The van der Waals surface area contributed by atoms with Crippen molar-refractivity contribution in [3.63, 3.8) is 0 Å². The average Bonchev–Trinajstić information content (AvgIpc) is 2.66. The SMILES string of the molecule is O=C(O)c1cnc(NCC2CCCC2(F)F)cn1. The molecule has 0 saturated heterocycles. The average molecular weight is 257 g/mol. The van der Waals surface area contributed by atoms with Gasteiger partial charge in [0.2, 0.25) is 0 Å². The normalized spacial score (nSPS) is 21.8. The first kappa shape index (κ1) is 12.7. The van der Waals surface area contributed by atoms with Crippen molar-refractivity contribution in [2.24, 2.45) is 5.92 Å². The Labute approximate surface area is 102 Å². The van der Waals surface area contributed by atoms with Crippen LogP contribution >= 0.6 is 0 Å². The van der Waals surface area contributed by atoms with Gasteiger partial charge in [-0.3, -0.25) is 0 Å². The summed E-state index contributed by atoms with van der Waals surface area (Å²) in [6, 6.07) is 0. The van der Waals surface area contributed by atoms with E-state index >= 15 is 0 Å². The van der Waals surface area contributed by atoms with Crippen LogP contribution in [0, 0.1) is 5.92 Å². The number of anilines is 1. The first-order valence-corrected chi connectivity index (χ1v) is 5.66. The predicted molar refractivity (Wildman–Crippen MR) is 59.8 cm³/mol. The standard InChI is InChI=1S/C11H13F2N3O2/c12-11(13)3-1-2-7(11)4-15-9-6-14-8(5-16-9)10(17)18/h5-7H,1-4H2,(H,15,16)(H,17,18). The zero-order chi connectivity index (χ0) is 13.2. The van der Waals surface area contributed by atoms with Gasteiger partial charge in [-0.25, -0.2) is 23.5 Å². The summed E-state index contributed by atoms with van der Waals surface area (Å²) in [5.41, 5.74) is -0.174. The molecule has 5 nitrogen and oxygen atoms in total. The van der Waals surface area contributed by atoms with Crippen LogP contribution in [0.4, 0.5) is 14.6 Å². The molecule has 7 heteroatoms. The maximum Gasteiger partial charge on any atom is 0.356 e. The van der Waals surface area contributed by atoms with Crippen molar-refractivity contribution < 1.29 is 18.7 Å². The highest BCUT2D eigenvalue weighted by Gasteiger charge is 2.43. The Bertz CT molecular complexity index is 436. The molecule has 0 spiro atoms. The zero-order valence-electron chi connectivity index (χ0n) is 9.57. The molecule has 1 aromatic rings. The molecule has 0 bridgehead atoms. The van der Waals surface area contributed by atoms with E-state index in [1.807, 2.05) is 0 Å². The number of carbonyl (C=O) groups is 1. The molecular formula is C11H13F2N3O2. The smallest absolute Gasteiger partial charge is 0.356 e. The van der Waals surface area contributed by atoms with Gasteiger partial charge in [-0.05, 0) is 12.8 Å². The number of carboxylic acid groups (broad SMARTS) is 1. The maximum absolute atomic E-state index is 13.3. The monoisotopic (exact) mass is 257 g/mol. The third-order valence-electron chi connectivity index (χ3n) is 3.06. The van der Waals surface area contributed by atoms with Crippen molar-refractivity contribution >= 4 is 11.8 Å². The molecule has 1 aliphatic rings. The number of nitrogens with one attached hydrogen (secondary N) is 1. The highest BCUT2D eigenvalue weighted by atomic mass is 19.3. The maximum atomic E-state index is 13.3. The lowest BCUT2D eigenvalue weighted by atomic mass is 10.1. The number of carboxylic acids is 1. The predicted octanol–water partition coefficient (Wildman–Crippen LogP) is 2.02. The topological polar surface area (TPSA) is 75.1 Å². The summed E-state index contributed by atoms with van der Waals surface area (Å²) < 4.78 is 26.7. The summed E-state index contributed by atoms with van der Waals surface area (Å²) in [5, 5.41) is 11.4. The second-order valence-electron chi connectivity index (χ2n) is 4.32. The number of aromatic nitrogens is 2. The lowest BCUT2D eigenvalue weighted by Gasteiger charge is -2.19. The number of hydrogen-bond donors (Lipinski definition) is 2. The van der Waals surface area contributed by atoms with Crippen LogP contribution in [0.3, 0.4) is 0 Å². The second-order valence-corrected chi connectivity index (χ2v) is 4.32. The quantitative estimate of drug-likeness (QED) is 0.863. The fourth-order valence-electron chi connectivity index (χ4n) is 2.01. The van der Waals surface area contributed by atoms with E-state index in [-0.39, 0.29) is 18.7 Å². The fourth-order valence-corrected chi connectivity index (χ4v) is 2.01. The van der Waals surface area contributed by atoms with Gasteiger partial charge in [-0.1, -0.05) is 0 Å². The molecule has 1 heterocycles. The largest absolute Gasteiger partial charge is 0.476 e. The van der Waals surface area contributed by atoms with Gasteiger partial charge >= 0.3 is 5.97 Å². The summed E-state index contributed by atoms with van der Waals surface area (Å²) in [5.74, 6) is -4.18. The van der Waals surface area contributed by atoms with Crippen molar-refractivity contribution in [2.75, 3.05) is 11.9 Å². The van der Waals surface area contributed by atoms with E-state index in [2.05, 4.69) is 15.3 Å². The molecule has 2 rings (SSSR count). The van der Waals surface area contributed by atoms with Crippen LogP contribution in [0.25, 0.3) is 0 Å². The molecule has 1 saturated carbocycles. The van der Waals surface area contributed by atoms with Crippen molar-refractivity contribution in [3.8, 4) is 0 Å². The number of hydrogen-bond acceptors (Lipinski definition) is 4. The molecule has 1 aliphatic carbocycles. The van der Waals surface area contributed by atoms with E-state index in [0.29, 0.717) is 18.7 Å². The van der Waals surface area contributed by atoms with Gasteiger partial charge in [0, 0.05) is 18.9 Å². The Balaban J connectivity index is 1.92. The van der Waals surface area contributed by atoms with Crippen molar-refractivity contribution in [1.82, 2.24) is 9.97 Å². The van der Waals surface area contributed by atoms with Crippen molar-refractivity contribution in [2.45, 2.75) is 25.2 Å². The molecule has 0 aliphatic heterocycles. The molecule has 1 unspecified atom stereocenters. The molecule has 1 fully saturated rings. The Hall–Kier alpha value is -1.79. The van der Waals surface area contributed by atoms with Crippen LogP contribution in [0.5, 0.6) is 0 Å².